The van der Waals surface area contributed by atoms with Crippen LogP contribution in [-0.2, 0) is 5.75 Å². The lowest BCUT2D eigenvalue weighted by atomic mass is 10.2. The molecule has 1 amide bonds. The second-order valence-electron chi connectivity index (χ2n) is 7.34. The second kappa shape index (κ2) is 11.2. The first-order valence-electron chi connectivity index (χ1n) is 10.8. The van der Waals surface area contributed by atoms with Gasteiger partial charge in [0.25, 0.3) is 5.91 Å². The molecule has 0 aliphatic carbocycles. The second-order valence-corrected chi connectivity index (χ2v) is 8.68. The smallest absolute Gasteiger partial charge is 0.273 e. The van der Waals surface area contributed by atoms with Crippen molar-refractivity contribution in [2.24, 2.45) is 0 Å². The van der Waals surface area contributed by atoms with Gasteiger partial charge in [-0.1, -0.05) is 73.5 Å². The number of aromatic nitrogens is 4. The van der Waals surface area contributed by atoms with E-state index in [2.05, 4.69) is 27.4 Å². The summed E-state index contributed by atoms with van der Waals surface area (Å²) in [6.07, 6.45) is 4.53. The minimum absolute atomic E-state index is 0.223. The molecule has 170 valence electrons. The third-order valence-electron chi connectivity index (χ3n) is 4.94. The predicted molar refractivity (Wildman–Crippen MR) is 130 cm³/mol. The Bertz CT molecular complexity index is 1210. The van der Waals surface area contributed by atoms with Gasteiger partial charge in [0.05, 0.1) is 10.8 Å². The van der Waals surface area contributed by atoms with Crippen molar-refractivity contribution in [3.05, 3.63) is 77.5 Å². The molecule has 0 unspecified atom stereocenters. The summed E-state index contributed by atoms with van der Waals surface area (Å²) in [4.78, 5) is 16.6. The Balaban J connectivity index is 1.52. The normalized spacial score (nSPS) is 11.0. The molecule has 0 radical (unpaired) electrons. The number of amides is 1. The highest BCUT2D eigenvalue weighted by molar-refractivity contribution is 7.98. The Hall–Kier alpha value is -3.10. The largest absolute Gasteiger partial charge is 0.447 e. The number of nitrogens with zero attached hydrogens (tertiary/aromatic N) is 4. The van der Waals surface area contributed by atoms with Crippen LogP contribution in [-0.4, -0.2) is 32.2 Å². The summed E-state index contributed by atoms with van der Waals surface area (Å²) in [7, 11) is 0. The summed E-state index contributed by atoms with van der Waals surface area (Å²) in [5, 5.41) is 12.9. The highest BCUT2D eigenvalue weighted by atomic mass is 35.5. The molecule has 4 aromatic rings. The zero-order chi connectivity index (χ0) is 23.0. The molecule has 2 heterocycles. The molecule has 33 heavy (non-hydrogen) atoms. The molecular formula is C24H24ClN5O2S. The van der Waals surface area contributed by atoms with Crippen molar-refractivity contribution in [3.8, 4) is 17.1 Å². The van der Waals surface area contributed by atoms with Crippen LogP contribution in [0.25, 0.3) is 17.1 Å². The Morgan fingerprint density at radius 3 is 2.67 bits per heavy atom. The highest BCUT2D eigenvalue weighted by Crippen LogP contribution is 2.32. The monoisotopic (exact) mass is 481 g/mol. The number of oxazole rings is 1. The summed E-state index contributed by atoms with van der Waals surface area (Å²) in [5.74, 6) is 1.27. The van der Waals surface area contributed by atoms with Gasteiger partial charge >= 0.3 is 0 Å². The lowest BCUT2D eigenvalue weighted by Gasteiger charge is -2.10. The maximum Gasteiger partial charge on any atom is 0.273 e. The highest BCUT2D eigenvalue weighted by Gasteiger charge is 2.19. The minimum atomic E-state index is -0.223. The molecule has 0 spiro atoms. The van der Waals surface area contributed by atoms with E-state index < -0.39 is 0 Å². The number of halogens is 1. The summed E-state index contributed by atoms with van der Waals surface area (Å²) >= 11 is 7.86. The van der Waals surface area contributed by atoms with E-state index in [0.29, 0.717) is 34.2 Å². The molecule has 0 aliphatic heterocycles. The molecule has 4 rings (SSSR count). The number of para-hydroxylation sites is 1. The zero-order valence-corrected chi connectivity index (χ0v) is 19.8. The van der Waals surface area contributed by atoms with Crippen molar-refractivity contribution in [1.82, 2.24) is 25.1 Å². The molecule has 1 N–H and O–H groups in total. The molecule has 0 aliphatic rings. The van der Waals surface area contributed by atoms with Crippen molar-refractivity contribution in [1.29, 1.82) is 0 Å². The van der Waals surface area contributed by atoms with Crippen molar-refractivity contribution in [2.75, 3.05) is 6.54 Å². The van der Waals surface area contributed by atoms with Gasteiger partial charge in [0.15, 0.2) is 16.7 Å². The van der Waals surface area contributed by atoms with Crippen molar-refractivity contribution >= 4 is 29.3 Å². The van der Waals surface area contributed by atoms with Crippen LogP contribution in [0.4, 0.5) is 0 Å². The molecule has 0 saturated carbocycles. The summed E-state index contributed by atoms with van der Waals surface area (Å²) < 4.78 is 7.47. The van der Waals surface area contributed by atoms with Crippen molar-refractivity contribution < 1.29 is 9.21 Å². The molecule has 7 nitrogen and oxygen atoms in total. The Morgan fingerprint density at radius 1 is 1.09 bits per heavy atom. The van der Waals surface area contributed by atoms with E-state index in [4.69, 9.17) is 16.0 Å². The van der Waals surface area contributed by atoms with Crippen LogP contribution in [0.5, 0.6) is 0 Å². The quantitative estimate of drug-likeness (QED) is 0.228. The number of carbonyl (C=O) groups is 1. The van der Waals surface area contributed by atoms with Gasteiger partial charge in [0.2, 0.25) is 5.89 Å². The van der Waals surface area contributed by atoms with Crippen LogP contribution in [0.2, 0.25) is 5.02 Å². The van der Waals surface area contributed by atoms with E-state index in [0.717, 1.165) is 30.5 Å². The van der Waals surface area contributed by atoms with Crippen LogP contribution in [0.3, 0.4) is 0 Å². The first-order valence-corrected chi connectivity index (χ1v) is 12.1. The van der Waals surface area contributed by atoms with Crippen LogP contribution in [0.15, 0.2) is 70.4 Å². The predicted octanol–water partition coefficient (Wildman–Crippen LogP) is 5.79. The zero-order valence-electron chi connectivity index (χ0n) is 18.2. The van der Waals surface area contributed by atoms with Crippen LogP contribution < -0.4 is 5.32 Å². The van der Waals surface area contributed by atoms with E-state index in [9.17, 15) is 4.79 Å². The standard InChI is InChI=1S/C24H24ClN5O2S/c1-2-3-9-14-26-23(31)20-15-32-21(27-20)16-33-24-29-28-22(18-12-7-8-13-19(18)25)30(24)17-10-5-4-6-11-17/h4-8,10-13,15H,2-3,9,14,16H2,1H3,(H,26,31). The third kappa shape index (κ3) is 5.64. The van der Waals surface area contributed by atoms with Crippen molar-refractivity contribution in [2.45, 2.75) is 37.1 Å². The van der Waals surface area contributed by atoms with Crippen LogP contribution in [0, 0.1) is 0 Å². The van der Waals surface area contributed by atoms with E-state index in [1.54, 1.807) is 0 Å². The maximum absolute atomic E-state index is 12.2. The number of hydrogen-bond donors (Lipinski definition) is 1. The number of benzene rings is 2. The average molecular weight is 482 g/mol. The summed E-state index contributed by atoms with van der Waals surface area (Å²) in [6, 6.07) is 17.4. The van der Waals surface area contributed by atoms with Gasteiger partial charge < -0.3 is 9.73 Å². The number of unbranched alkanes of at least 4 members (excludes halogenated alkanes) is 2. The maximum atomic E-state index is 12.2. The van der Waals surface area contributed by atoms with Gasteiger partial charge in [0.1, 0.15) is 6.26 Å². The van der Waals surface area contributed by atoms with E-state index >= 15 is 0 Å². The van der Waals surface area contributed by atoms with Gasteiger partial charge in [-0.25, -0.2) is 4.98 Å². The number of thioether (sulfide) groups is 1. The van der Waals surface area contributed by atoms with E-state index in [-0.39, 0.29) is 11.6 Å². The van der Waals surface area contributed by atoms with Crippen LogP contribution >= 0.6 is 23.4 Å². The molecule has 0 saturated heterocycles. The van der Waals surface area contributed by atoms with Gasteiger partial charge in [-0.05, 0) is 30.7 Å². The number of carbonyl (C=O) groups excluding carboxylic acids is 1. The van der Waals surface area contributed by atoms with Crippen molar-refractivity contribution in [3.63, 3.8) is 0 Å². The third-order valence-corrected chi connectivity index (χ3v) is 6.18. The van der Waals surface area contributed by atoms with Gasteiger partial charge in [0, 0.05) is 17.8 Å². The molecule has 2 aromatic carbocycles. The molecular weight excluding hydrogens is 458 g/mol. The Kier molecular flexibility index (Phi) is 7.80. The molecule has 2 aromatic heterocycles. The van der Waals surface area contributed by atoms with Crippen LogP contribution in [0.1, 0.15) is 42.6 Å². The molecule has 0 fully saturated rings. The Morgan fingerprint density at radius 2 is 1.88 bits per heavy atom. The minimum Gasteiger partial charge on any atom is -0.447 e. The average Bonchev–Trinajstić information content (AvgIpc) is 3.48. The molecule has 9 heteroatoms. The molecule has 0 bridgehead atoms. The molecule has 0 atom stereocenters. The summed E-state index contributed by atoms with van der Waals surface area (Å²) in [6.45, 7) is 2.76. The number of rotatable bonds is 10. The topological polar surface area (TPSA) is 85.8 Å². The fourth-order valence-corrected chi connectivity index (χ4v) is 4.29. The fourth-order valence-electron chi connectivity index (χ4n) is 3.27. The first kappa shape index (κ1) is 23.1. The number of nitrogens with one attached hydrogen (secondary N) is 1. The Labute approximate surface area is 201 Å². The first-order chi connectivity index (χ1) is 16.2. The lowest BCUT2D eigenvalue weighted by molar-refractivity contribution is 0.0948. The SMILES string of the molecule is CCCCCNC(=O)c1coc(CSc2nnc(-c3ccccc3Cl)n2-c2ccccc2)n1. The number of hydrogen-bond acceptors (Lipinski definition) is 6. The van der Waals surface area contributed by atoms with Gasteiger partial charge in [-0.3, -0.25) is 9.36 Å². The summed E-state index contributed by atoms with van der Waals surface area (Å²) in [5.41, 5.74) is 1.99. The van der Waals surface area contributed by atoms with Gasteiger partial charge in [-0.15, -0.1) is 10.2 Å². The van der Waals surface area contributed by atoms with Gasteiger partial charge in [-0.2, -0.15) is 0 Å². The van der Waals surface area contributed by atoms with E-state index in [1.807, 2.05) is 59.2 Å². The van der Waals surface area contributed by atoms with E-state index in [1.165, 1.54) is 18.0 Å². The fraction of sp³-hybridized carbons (Fsp3) is 0.250. The lowest BCUT2D eigenvalue weighted by Crippen LogP contribution is -2.24.